The van der Waals surface area contributed by atoms with Crippen molar-refractivity contribution < 1.29 is 0 Å². The second-order valence-electron chi connectivity index (χ2n) is 7.50. The van der Waals surface area contributed by atoms with Crippen molar-refractivity contribution in [1.82, 2.24) is 0 Å². The summed E-state index contributed by atoms with van der Waals surface area (Å²) in [6.07, 6.45) is 16.3. The number of fused-ring (bicyclic) bond motifs is 1. The summed E-state index contributed by atoms with van der Waals surface area (Å²) in [6.45, 7) is 7.38. The van der Waals surface area contributed by atoms with Gasteiger partial charge in [0.1, 0.15) is 7.85 Å². The molecule has 0 amide bonds. The quantitative estimate of drug-likeness (QED) is 0.548. The first-order valence-electron chi connectivity index (χ1n) is 7.26. The number of hydrogen-bond donors (Lipinski definition) is 0. The van der Waals surface area contributed by atoms with Gasteiger partial charge >= 0.3 is 0 Å². The molecule has 2 rings (SSSR count). The van der Waals surface area contributed by atoms with Crippen LogP contribution >= 0.6 is 0 Å². The zero-order chi connectivity index (χ0) is 12.5. The van der Waals surface area contributed by atoms with Gasteiger partial charge in [-0.15, -0.1) is 0 Å². The van der Waals surface area contributed by atoms with Crippen molar-refractivity contribution in [3.05, 3.63) is 24.3 Å². The van der Waals surface area contributed by atoms with E-state index in [1.165, 1.54) is 32.1 Å². The van der Waals surface area contributed by atoms with Gasteiger partial charge in [0.25, 0.3) is 0 Å². The lowest BCUT2D eigenvalue weighted by molar-refractivity contribution is 0.183. The SMILES string of the molecule is BC1(C)CCCC2C=CC=CC2C(C)(C)CC1. The molecule has 17 heavy (non-hydrogen) atoms. The molecule has 0 radical (unpaired) electrons. The average Bonchev–Trinajstić information content (AvgIpc) is 2.30. The highest BCUT2D eigenvalue weighted by atomic mass is 14.4. The van der Waals surface area contributed by atoms with Gasteiger partial charge in [-0.3, -0.25) is 0 Å². The Balaban J connectivity index is 2.20. The minimum Gasteiger partial charge on any atom is -0.0808 e. The fraction of sp³-hybridized carbons (Fsp3) is 0.750. The Labute approximate surface area is 108 Å². The Morgan fingerprint density at radius 2 is 1.71 bits per heavy atom. The van der Waals surface area contributed by atoms with E-state index in [-0.39, 0.29) is 0 Å². The maximum Gasteiger partial charge on any atom is 0.109 e. The van der Waals surface area contributed by atoms with E-state index in [9.17, 15) is 0 Å². The molecule has 0 aromatic rings. The number of hydrogen-bond acceptors (Lipinski definition) is 0. The smallest absolute Gasteiger partial charge is 0.0808 e. The minimum absolute atomic E-state index is 0.452. The van der Waals surface area contributed by atoms with Crippen molar-refractivity contribution in [3.63, 3.8) is 0 Å². The topological polar surface area (TPSA) is 0 Å². The Kier molecular flexibility index (Phi) is 3.57. The Morgan fingerprint density at radius 1 is 1.00 bits per heavy atom. The lowest BCUT2D eigenvalue weighted by Crippen LogP contribution is -2.29. The first-order chi connectivity index (χ1) is 7.91. The zero-order valence-electron chi connectivity index (χ0n) is 12.0. The molecule has 1 saturated carbocycles. The summed E-state index contributed by atoms with van der Waals surface area (Å²) in [4.78, 5) is 0. The standard InChI is InChI=1S/C16H27B/c1-15(2)11-12-16(3,17)10-6-8-13-7-4-5-9-14(13)15/h4-5,7,9,13-14H,6,8,10-12,17H2,1-3H3. The molecule has 2 aliphatic rings. The van der Waals surface area contributed by atoms with Crippen LogP contribution in [0.4, 0.5) is 0 Å². The lowest BCUT2D eigenvalue weighted by atomic mass is 9.62. The highest BCUT2D eigenvalue weighted by Crippen LogP contribution is 2.48. The van der Waals surface area contributed by atoms with Crippen molar-refractivity contribution >= 4 is 7.85 Å². The van der Waals surface area contributed by atoms with Gasteiger partial charge in [0.2, 0.25) is 0 Å². The van der Waals surface area contributed by atoms with E-state index in [0.29, 0.717) is 10.7 Å². The Bertz CT molecular complexity index is 322. The molecule has 3 unspecified atom stereocenters. The summed E-state index contributed by atoms with van der Waals surface area (Å²) in [6, 6.07) is 0. The van der Waals surface area contributed by atoms with E-state index in [0.717, 1.165) is 11.8 Å². The first-order valence-corrected chi connectivity index (χ1v) is 7.26. The normalized spacial score (nSPS) is 41.1. The molecule has 0 spiro atoms. The van der Waals surface area contributed by atoms with Gasteiger partial charge in [-0.25, -0.2) is 0 Å². The van der Waals surface area contributed by atoms with Crippen LogP contribution in [0.5, 0.6) is 0 Å². The molecule has 0 N–H and O–H groups in total. The van der Waals surface area contributed by atoms with Crippen LogP contribution in [0.25, 0.3) is 0 Å². The van der Waals surface area contributed by atoms with Gasteiger partial charge in [-0.2, -0.15) is 0 Å². The Morgan fingerprint density at radius 3 is 2.47 bits per heavy atom. The molecular formula is C16H27B. The molecule has 1 fully saturated rings. The van der Waals surface area contributed by atoms with E-state index < -0.39 is 0 Å². The molecule has 0 heterocycles. The molecule has 0 nitrogen and oxygen atoms in total. The van der Waals surface area contributed by atoms with Gasteiger partial charge in [0.15, 0.2) is 0 Å². The molecule has 0 aromatic carbocycles. The van der Waals surface area contributed by atoms with Crippen molar-refractivity contribution in [1.29, 1.82) is 0 Å². The third-order valence-electron chi connectivity index (χ3n) is 4.99. The summed E-state index contributed by atoms with van der Waals surface area (Å²) in [5.74, 6) is 1.53. The highest BCUT2D eigenvalue weighted by molar-refractivity contribution is 6.14. The van der Waals surface area contributed by atoms with E-state index in [1.807, 2.05) is 0 Å². The summed E-state index contributed by atoms with van der Waals surface area (Å²) in [5.41, 5.74) is 0.452. The van der Waals surface area contributed by atoms with Crippen LogP contribution in [0.2, 0.25) is 5.31 Å². The van der Waals surface area contributed by atoms with Crippen molar-refractivity contribution in [2.75, 3.05) is 0 Å². The third kappa shape index (κ3) is 3.06. The summed E-state index contributed by atoms with van der Waals surface area (Å²) >= 11 is 0. The summed E-state index contributed by atoms with van der Waals surface area (Å²) in [7, 11) is 2.45. The molecule has 3 atom stereocenters. The predicted octanol–water partition coefficient (Wildman–Crippen LogP) is 4.15. The van der Waals surface area contributed by atoms with Crippen LogP contribution in [0.3, 0.4) is 0 Å². The largest absolute Gasteiger partial charge is 0.109 e. The van der Waals surface area contributed by atoms with Gasteiger partial charge in [-0.1, -0.05) is 69.7 Å². The maximum atomic E-state index is 2.47. The zero-order valence-corrected chi connectivity index (χ0v) is 12.0. The van der Waals surface area contributed by atoms with Crippen LogP contribution in [0, 0.1) is 17.3 Å². The molecule has 1 heteroatoms. The summed E-state index contributed by atoms with van der Waals surface area (Å²) in [5, 5.41) is 0.540. The van der Waals surface area contributed by atoms with Crippen LogP contribution in [0.15, 0.2) is 24.3 Å². The highest BCUT2D eigenvalue weighted by Gasteiger charge is 2.36. The Hall–Kier alpha value is -0.455. The molecule has 0 aromatic heterocycles. The third-order valence-corrected chi connectivity index (χ3v) is 4.99. The molecule has 0 aliphatic heterocycles. The summed E-state index contributed by atoms with van der Waals surface area (Å²) < 4.78 is 0. The number of rotatable bonds is 0. The van der Waals surface area contributed by atoms with E-state index >= 15 is 0 Å². The lowest BCUT2D eigenvalue weighted by Gasteiger charge is -2.38. The van der Waals surface area contributed by atoms with Crippen LogP contribution in [0.1, 0.15) is 52.9 Å². The van der Waals surface area contributed by atoms with E-state index in [4.69, 9.17) is 0 Å². The fourth-order valence-electron chi connectivity index (χ4n) is 3.54. The maximum absolute atomic E-state index is 2.47. The first kappa shape index (κ1) is 13.0. The fourth-order valence-corrected chi connectivity index (χ4v) is 3.54. The van der Waals surface area contributed by atoms with Gasteiger partial charge in [0, 0.05) is 0 Å². The van der Waals surface area contributed by atoms with Crippen molar-refractivity contribution in [2.24, 2.45) is 17.3 Å². The van der Waals surface area contributed by atoms with Gasteiger partial charge < -0.3 is 0 Å². The van der Waals surface area contributed by atoms with Gasteiger partial charge in [0.05, 0.1) is 0 Å². The second-order valence-corrected chi connectivity index (χ2v) is 7.50. The van der Waals surface area contributed by atoms with Crippen molar-refractivity contribution in [3.8, 4) is 0 Å². The van der Waals surface area contributed by atoms with E-state index in [2.05, 4.69) is 52.9 Å². The molecule has 2 aliphatic carbocycles. The van der Waals surface area contributed by atoms with Crippen LogP contribution < -0.4 is 0 Å². The molecular weight excluding hydrogens is 203 g/mol. The van der Waals surface area contributed by atoms with Crippen molar-refractivity contribution in [2.45, 2.75) is 58.2 Å². The van der Waals surface area contributed by atoms with Gasteiger partial charge in [-0.05, 0) is 30.1 Å². The molecule has 0 saturated heterocycles. The average molecular weight is 230 g/mol. The predicted molar refractivity (Wildman–Crippen MR) is 79.0 cm³/mol. The second kappa shape index (κ2) is 4.67. The van der Waals surface area contributed by atoms with E-state index in [1.54, 1.807) is 0 Å². The minimum atomic E-state index is 0.452. The van der Waals surface area contributed by atoms with Crippen LogP contribution in [-0.4, -0.2) is 7.85 Å². The number of allylic oxidation sites excluding steroid dienone is 4. The van der Waals surface area contributed by atoms with Crippen LogP contribution in [-0.2, 0) is 0 Å². The molecule has 94 valence electrons. The molecule has 0 bridgehead atoms. The monoisotopic (exact) mass is 230 g/mol.